The second-order valence-electron chi connectivity index (χ2n) is 5.61. The number of piperidine rings is 1. The highest BCUT2D eigenvalue weighted by Gasteiger charge is 2.48. The molecular formula is C14H19N3O3S. The van der Waals surface area contributed by atoms with E-state index >= 15 is 0 Å². The van der Waals surface area contributed by atoms with Gasteiger partial charge in [0.25, 0.3) is 0 Å². The molecule has 2 aliphatic heterocycles. The van der Waals surface area contributed by atoms with E-state index in [1.165, 1.54) is 0 Å². The van der Waals surface area contributed by atoms with Crippen molar-refractivity contribution in [1.29, 1.82) is 0 Å². The summed E-state index contributed by atoms with van der Waals surface area (Å²) >= 11 is 1.62. The Hall–Kier alpha value is -1.60. The van der Waals surface area contributed by atoms with Crippen LogP contribution in [0.2, 0.25) is 0 Å². The summed E-state index contributed by atoms with van der Waals surface area (Å²) in [7, 11) is 0. The fourth-order valence-corrected chi connectivity index (χ4v) is 3.48. The first-order valence-corrected chi connectivity index (χ1v) is 8.06. The molecule has 0 radical (unpaired) electrons. The number of hydroxylamine groups is 2. The standard InChI is InChI=1S/C14H19N3O3S/c1-3-6-15-12-9-7-17(20-10(9)8-21-12)14(2)5-4-11(18)16-13(14)19/h8,15H,3-7H2,1-2H3,(H,16,18,19)/t14-/m1/s1. The van der Waals surface area contributed by atoms with Crippen molar-refractivity contribution in [3.05, 3.63) is 10.9 Å². The number of nitrogens with one attached hydrogen (secondary N) is 2. The van der Waals surface area contributed by atoms with Gasteiger partial charge in [0.2, 0.25) is 11.8 Å². The Morgan fingerprint density at radius 3 is 3.05 bits per heavy atom. The topological polar surface area (TPSA) is 70.7 Å². The molecule has 2 amide bonds. The molecule has 1 aromatic heterocycles. The SMILES string of the molecule is CCCNc1scc2c1CN([C@]1(C)CCC(=O)NC1=O)O2. The molecule has 1 fully saturated rings. The summed E-state index contributed by atoms with van der Waals surface area (Å²) in [6.07, 6.45) is 1.87. The van der Waals surface area contributed by atoms with Crippen LogP contribution in [0.5, 0.6) is 5.75 Å². The monoisotopic (exact) mass is 309 g/mol. The van der Waals surface area contributed by atoms with E-state index in [1.54, 1.807) is 16.4 Å². The molecule has 0 saturated carbocycles. The van der Waals surface area contributed by atoms with Crippen LogP contribution in [0.25, 0.3) is 0 Å². The average Bonchev–Trinajstić information content (AvgIpc) is 3.02. The predicted molar refractivity (Wildman–Crippen MR) is 80.1 cm³/mol. The number of fused-ring (bicyclic) bond motifs is 1. The molecule has 0 unspecified atom stereocenters. The van der Waals surface area contributed by atoms with Crippen molar-refractivity contribution in [2.45, 2.75) is 45.2 Å². The Labute approximate surface area is 127 Å². The fourth-order valence-electron chi connectivity index (χ4n) is 2.58. The Morgan fingerprint density at radius 1 is 1.52 bits per heavy atom. The van der Waals surface area contributed by atoms with Crippen molar-refractivity contribution in [3.63, 3.8) is 0 Å². The van der Waals surface area contributed by atoms with Crippen LogP contribution < -0.4 is 15.5 Å². The quantitative estimate of drug-likeness (QED) is 0.831. The maximum Gasteiger partial charge on any atom is 0.250 e. The molecule has 3 rings (SSSR count). The summed E-state index contributed by atoms with van der Waals surface area (Å²) in [5.74, 6) is 0.316. The molecule has 7 heteroatoms. The lowest BCUT2D eigenvalue weighted by atomic mass is 9.90. The van der Waals surface area contributed by atoms with Crippen LogP contribution in [0, 0.1) is 0 Å². The lowest BCUT2D eigenvalue weighted by Crippen LogP contribution is -2.60. The molecule has 1 atom stereocenters. The number of imide groups is 1. The maximum absolute atomic E-state index is 12.2. The van der Waals surface area contributed by atoms with Crippen molar-refractivity contribution < 1.29 is 14.4 Å². The van der Waals surface area contributed by atoms with Crippen LogP contribution in [-0.2, 0) is 16.1 Å². The molecule has 1 saturated heterocycles. The number of carbonyl (C=O) groups is 2. The van der Waals surface area contributed by atoms with E-state index in [9.17, 15) is 9.59 Å². The minimum Gasteiger partial charge on any atom is -0.403 e. The molecule has 0 bridgehead atoms. The molecular weight excluding hydrogens is 290 g/mol. The number of anilines is 1. The van der Waals surface area contributed by atoms with E-state index < -0.39 is 5.54 Å². The van der Waals surface area contributed by atoms with Crippen LogP contribution in [0.15, 0.2) is 5.38 Å². The summed E-state index contributed by atoms with van der Waals surface area (Å²) in [4.78, 5) is 29.3. The van der Waals surface area contributed by atoms with Crippen molar-refractivity contribution in [1.82, 2.24) is 10.4 Å². The van der Waals surface area contributed by atoms with Gasteiger partial charge in [0, 0.05) is 23.9 Å². The number of carbonyl (C=O) groups excluding carboxylic acids is 2. The normalized spacial score (nSPS) is 25.4. The van der Waals surface area contributed by atoms with Gasteiger partial charge in [0.15, 0.2) is 5.75 Å². The number of rotatable bonds is 4. The minimum atomic E-state index is -0.799. The number of thiophene rings is 1. The first-order valence-electron chi connectivity index (χ1n) is 7.18. The highest BCUT2D eigenvalue weighted by atomic mass is 32.1. The third-order valence-electron chi connectivity index (χ3n) is 4.03. The molecule has 0 aromatic carbocycles. The van der Waals surface area contributed by atoms with Gasteiger partial charge in [-0.25, -0.2) is 0 Å². The Morgan fingerprint density at radius 2 is 2.33 bits per heavy atom. The van der Waals surface area contributed by atoms with Gasteiger partial charge in [-0.3, -0.25) is 14.9 Å². The number of hydrogen-bond acceptors (Lipinski definition) is 6. The van der Waals surface area contributed by atoms with Crippen molar-refractivity contribution >= 4 is 28.2 Å². The summed E-state index contributed by atoms with van der Waals surface area (Å²) in [6.45, 7) is 5.42. The lowest BCUT2D eigenvalue weighted by Gasteiger charge is -2.37. The average molecular weight is 309 g/mol. The van der Waals surface area contributed by atoms with Crippen LogP contribution in [0.1, 0.15) is 38.7 Å². The Kier molecular flexibility index (Phi) is 3.62. The van der Waals surface area contributed by atoms with E-state index in [1.807, 2.05) is 12.3 Å². The van der Waals surface area contributed by atoms with Gasteiger partial charge in [0.05, 0.1) is 11.5 Å². The van der Waals surface area contributed by atoms with Crippen molar-refractivity contribution in [2.24, 2.45) is 0 Å². The Balaban J connectivity index is 1.76. The van der Waals surface area contributed by atoms with Crippen LogP contribution in [0.4, 0.5) is 5.00 Å². The highest BCUT2D eigenvalue weighted by Crippen LogP contribution is 2.43. The molecule has 3 heterocycles. The van der Waals surface area contributed by atoms with Gasteiger partial charge in [-0.2, -0.15) is 0 Å². The first kappa shape index (κ1) is 14.3. The van der Waals surface area contributed by atoms with E-state index in [-0.39, 0.29) is 11.8 Å². The van der Waals surface area contributed by atoms with E-state index in [0.29, 0.717) is 19.4 Å². The molecule has 114 valence electrons. The fraction of sp³-hybridized carbons (Fsp3) is 0.571. The lowest BCUT2D eigenvalue weighted by molar-refractivity contribution is -0.169. The number of hydrogen-bond donors (Lipinski definition) is 2. The second-order valence-corrected chi connectivity index (χ2v) is 6.49. The molecule has 6 nitrogen and oxygen atoms in total. The summed E-state index contributed by atoms with van der Waals surface area (Å²) < 4.78 is 0. The van der Waals surface area contributed by atoms with Crippen LogP contribution >= 0.6 is 11.3 Å². The molecule has 1 aromatic rings. The highest BCUT2D eigenvalue weighted by molar-refractivity contribution is 7.14. The smallest absolute Gasteiger partial charge is 0.250 e. The summed E-state index contributed by atoms with van der Waals surface area (Å²) in [6, 6.07) is 0. The zero-order chi connectivity index (χ0) is 15.0. The Bertz CT molecular complexity index is 586. The molecule has 21 heavy (non-hydrogen) atoms. The molecule has 0 spiro atoms. The van der Waals surface area contributed by atoms with Gasteiger partial charge in [-0.1, -0.05) is 6.92 Å². The van der Waals surface area contributed by atoms with Crippen molar-refractivity contribution in [3.8, 4) is 5.75 Å². The van der Waals surface area contributed by atoms with Gasteiger partial charge >= 0.3 is 0 Å². The van der Waals surface area contributed by atoms with Gasteiger partial charge in [-0.15, -0.1) is 16.4 Å². The summed E-state index contributed by atoms with van der Waals surface area (Å²) in [5, 5.41) is 10.5. The largest absolute Gasteiger partial charge is 0.403 e. The number of amides is 2. The van der Waals surface area contributed by atoms with E-state index in [4.69, 9.17) is 4.84 Å². The van der Waals surface area contributed by atoms with Gasteiger partial charge in [0.1, 0.15) is 5.54 Å². The zero-order valence-corrected chi connectivity index (χ0v) is 13.0. The summed E-state index contributed by atoms with van der Waals surface area (Å²) in [5.41, 5.74) is 0.298. The molecule has 0 aliphatic carbocycles. The van der Waals surface area contributed by atoms with Gasteiger partial charge in [-0.05, 0) is 19.8 Å². The third-order valence-corrected chi connectivity index (χ3v) is 4.99. The third kappa shape index (κ3) is 2.40. The second kappa shape index (κ2) is 5.31. The van der Waals surface area contributed by atoms with Gasteiger partial charge < -0.3 is 10.2 Å². The first-order chi connectivity index (χ1) is 10.0. The molecule has 2 aliphatic rings. The maximum atomic E-state index is 12.2. The molecule has 2 N–H and O–H groups in total. The van der Waals surface area contributed by atoms with E-state index in [0.717, 1.165) is 29.3 Å². The van der Waals surface area contributed by atoms with Crippen molar-refractivity contribution in [2.75, 3.05) is 11.9 Å². The number of nitrogens with zero attached hydrogens (tertiary/aromatic N) is 1. The van der Waals surface area contributed by atoms with Crippen LogP contribution in [-0.4, -0.2) is 29.0 Å². The predicted octanol–water partition coefficient (Wildman–Crippen LogP) is 1.87. The van der Waals surface area contributed by atoms with E-state index in [2.05, 4.69) is 17.6 Å². The zero-order valence-electron chi connectivity index (χ0n) is 12.2. The minimum absolute atomic E-state index is 0.212. The van der Waals surface area contributed by atoms with Crippen LogP contribution in [0.3, 0.4) is 0 Å².